The number of hydrogen-bond acceptors (Lipinski definition) is 4. The molecule has 0 saturated heterocycles. The number of nitrogens with zero attached hydrogens (tertiary/aromatic N) is 1. The summed E-state index contributed by atoms with van der Waals surface area (Å²) in [7, 11) is -0.473. The molecule has 0 aliphatic carbocycles. The Kier molecular flexibility index (Phi) is 6.17. The Morgan fingerprint density at radius 2 is 2.15 bits per heavy atom. The van der Waals surface area contributed by atoms with Crippen LogP contribution in [-0.4, -0.2) is 46.1 Å². The van der Waals surface area contributed by atoms with Gasteiger partial charge in [-0.1, -0.05) is 17.9 Å². The molecule has 5 nitrogen and oxygen atoms in total. The first kappa shape index (κ1) is 16.7. The second-order valence-corrected chi connectivity index (χ2v) is 6.36. The molecule has 1 atom stereocenters. The molecule has 1 unspecified atom stereocenters. The first-order valence-electron chi connectivity index (χ1n) is 6.19. The molecule has 1 rings (SSSR count). The Labute approximate surface area is 120 Å². The Morgan fingerprint density at radius 3 is 2.75 bits per heavy atom. The van der Waals surface area contributed by atoms with Gasteiger partial charge in [-0.25, -0.2) is 8.42 Å². The molecular formula is C14H20N2O3S. The average molecular weight is 296 g/mol. The van der Waals surface area contributed by atoms with Gasteiger partial charge in [0.25, 0.3) is 0 Å². The van der Waals surface area contributed by atoms with Crippen molar-refractivity contribution < 1.29 is 13.2 Å². The van der Waals surface area contributed by atoms with Gasteiger partial charge in [-0.15, -0.1) is 0 Å². The summed E-state index contributed by atoms with van der Waals surface area (Å²) in [4.78, 5) is 0.215. The summed E-state index contributed by atoms with van der Waals surface area (Å²) >= 11 is 0. The highest BCUT2D eigenvalue weighted by molar-refractivity contribution is 7.89. The summed E-state index contributed by atoms with van der Waals surface area (Å²) in [5.74, 6) is 5.53. The van der Waals surface area contributed by atoms with Crippen LogP contribution < -0.4 is 5.73 Å². The van der Waals surface area contributed by atoms with E-state index in [1.165, 1.54) is 11.4 Å². The predicted octanol–water partition coefficient (Wildman–Crippen LogP) is 0.652. The SMILES string of the molecule is COCC(C)N(C)S(=O)(=O)c1cccc(C#CCN)c1. The van der Waals surface area contributed by atoms with Crippen molar-refractivity contribution in [2.75, 3.05) is 27.3 Å². The zero-order valence-corrected chi connectivity index (χ0v) is 12.8. The average Bonchev–Trinajstić information content (AvgIpc) is 2.44. The van der Waals surface area contributed by atoms with Crippen LogP contribution in [0.1, 0.15) is 12.5 Å². The van der Waals surface area contributed by atoms with Crippen molar-refractivity contribution in [3.8, 4) is 11.8 Å². The molecule has 6 heteroatoms. The molecule has 0 aliphatic rings. The normalized spacial score (nSPS) is 12.8. The van der Waals surface area contributed by atoms with Crippen molar-refractivity contribution in [3.05, 3.63) is 29.8 Å². The minimum Gasteiger partial charge on any atom is -0.383 e. The van der Waals surface area contributed by atoms with E-state index in [4.69, 9.17) is 10.5 Å². The first-order chi connectivity index (χ1) is 9.43. The van der Waals surface area contributed by atoms with Gasteiger partial charge in [0.1, 0.15) is 0 Å². The topological polar surface area (TPSA) is 72.6 Å². The summed E-state index contributed by atoms with van der Waals surface area (Å²) in [5, 5.41) is 0. The summed E-state index contributed by atoms with van der Waals surface area (Å²) < 4.78 is 31.2. The van der Waals surface area contributed by atoms with E-state index in [-0.39, 0.29) is 17.5 Å². The van der Waals surface area contributed by atoms with Crippen LogP contribution in [-0.2, 0) is 14.8 Å². The van der Waals surface area contributed by atoms with Gasteiger partial charge in [-0.3, -0.25) is 0 Å². The lowest BCUT2D eigenvalue weighted by Crippen LogP contribution is -2.37. The van der Waals surface area contributed by atoms with Crippen molar-refractivity contribution in [2.24, 2.45) is 5.73 Å². The molecule has 0 radical (unpaired) electrons. The van der Waals surface area contributed by atoms with Crippen LogP contribution in [0.25, 0.3) is 0 Å². The number of nitrogens with two attached hydrogens (primary N) is 1. The minimum atomic E-state index is -3.55. The highest BCUT2D eigenvalue weighted by Crippen LogP contribution is 2.17. The van der Waals surface area contributed by atoms with Crippen LogP contribution in [0.15, 0.2) is 29.2 Å². The second kappa shape index (κ2) is 7.41. The van der Waals surface area contributed by atoms with Gasteiger partial charge >= 0.3 is 0 Å². The largest absolute Gasteiger partial charge is 0.383 e. The van der Waals surface area contributed by atoms with Crippen LogP contribution >= 0.6 is 0 Å². The highest BCUT2D eigenvalue weighted by Gasteiger charge is 2.25. The number of hydrogen-bond donors (Lipinski definition) is 1. The Bertz CT molecular complexity index is 602. The Hall–Kier alpha value is -1.39. The minimum absolute atomic E-state index is 0.215. The molecule has 1 aromatic rings. The molecule has 2 N–H and O–H groups in total. The van der Waals surface area contributed by atoms with E-state index in [9.17, 15) is 8.42 Å². The molecule has 0 bridgehead atoms. The fraction of sp³-hybridized carbons (Fsp3) is 0.429. The zero-order valence-electron chi connectivity index (χ0n) is 12.0. The molecular weight excluding hydrogens is 276 g/mol. The standard InChI is InChI=1S/C14H20N2O3S/c1-12(11-19-3)16(2)20(17,18)14-8-4-6-13(10-14)7-5-9-15/h4,6,8,10,12H,9,11,15H2,1-3H3. The highest BCUT2D eigenvalue weighted by atomic mass is 32.2. The van der Waals surface area contributed by atoms with E-state index < -0.39 is 10.0 Å². The summed E-state index contributed by atoms with van der Waals surface area (Å²) in [6.07, 6.45) is 0. The van der Waals surface area contributed by atoms with Gasteiger partial charge < -0.3 is 10.5 Å². The molecule has 0 saturated carbocycles. The number of likely N-dealkylation sites (N-methyl/N-ethyl adjacent to an activating group) is 1. The molecule has 20 heavy (non-hydrogen) atoms. The van der Waals surface area contributed by atoms with Gasteiger partial charge in [0, 0.05) is 25.8 Å². The van der Waals surface area contributed by atoms with Crippen molar-refractivity contribution in [1.82, 2.24) is 4.31 Å². The number of benzene rings is 1. The molecule has 0 fully saturated rings. The maximum Gasteiger partial charge on any atom is 0.243 e. The fourth-order valence-corrected chi connectivity index (χ4v) is 3.03. The van der Waals surface area contributed by atoms with E-state index in [1.807, 2.05) is 0 Å². The first-order valence-corrected chi connectivity index (χ1v) is 7.63. The lowest BCUT2D eigenvalue weighted by Gasteiger charge is -2.23. The summed E-state index contributed by atoms with van der Waals surface area (Å²) in [6, 6.07) is 6.28. The van der Waals surface area contributed by atoms with Gasteiger partial charge in [-0.2, -0.15) is 4.31 Å². The van der Waals surface area contributed by atoms with E-state index in [1.54, 1.807) is 38.3 Å². The number of rotatable bonds is 5. The smallest absolute Gasteiger partial charge is 0.243 e. The predicted molar refractivity (Wildman–Crippen MR) is 78.7 cm³/mol. The molecule has 110 valence electrons. The maximum absolute atomic E-state index is 12.5. The number of methoxy groups -OCH3 is 1. The van der Waals surface area contributed by atoms with Crippen molar-refractivity contribution in [3.63, 3.8) is 0 Å². The van der Waals surface area contributed by atoms with Crippen molar-refractivity contribution in [2.45, 2.75) is 17.9 Å². The monoisotopic (exact) mass is 296 g/mol. The van der Waals surface area contributed by atoms with E-state index in [2.05, 4.69) is 11.8 Å². The molecule has 0 heterocycles. The van der Waals surface area contributed by atoms with Crippen molar-refractivity contribution in [1.29, 1.82) is 0 Å². The second-order valence-electron chi connectivity index (χ2n) is 4.36. The van der Waals surface area contributed by atoms with Gasteiger partial charge in [0.15, 0.2) is 0 Å². The van der Waals surface area contributed by atoms with Crippen molar-refractivity contribution >= 4 is 10.0 Å². The van der Waals surface area contributed by atoms with Gasteiger partial charge in [0.05, 0.1) is 18.0 Å². The van der Waals surface area contributed by atoms with Gasteiger partial charge in [0.2, 0.25) is 10.0 Å². The maximum atomic E-state index is 12.5. The van der Waals surface area contributed by atoms with E-state index in [0.29, 0.717) is 12.2 Å². The quantitative estimate of drug-likeness (QED) is 0.810. The van der Waals surface area contributed by atoms with Crippen LogP contribution in [0.3, 0.4) is 0 Å². The van der Waals surface area contributed by atoms with Gasteiger partial charge in [-0.05, 0) is 25.1 Å². The summed E-state index contributed by atoms with van der Waals surface area (Å²) in [5.41, 5.74) is 5.94. The number of sulfonamides is 1. The summed E-state index contributed by atoms with van der Waals surface area (Å²) in [6.45, 7) is 2.36. The third-order valence-electron chi connectivity index (χ3n) is 2.87. The molecule has 0 aliphatic heterocycles. The fourth-order valence-electron chi connectivity index (χ4n) is 1.64. The third-order valence-corrected chi connectivity index (χ3v) is 4.84. The van der Waals surface area contributed by atoms with Crippen LogP contribution in [0.4, 0.5) is 0 Å². The van der Waals surface area contributed by atoms with E-state index in [0.717, 1.165) is 0 Å². The van der Waals surface area contributed by atoms with E-state index >= 15 is 0 Å². The Morgan fingerprint density at radius 1 is 1.45 bits per heavy atom. The number of ether oxygens (including phenoxy) is 1. The molecule has 1 aromatic carbocycles. The Balaban J connectivity index is 3.09. The van der Waals surface area contributed by atoms with Crippen LogP contribution in [0.2, 0.25) is 0 Å². The molecule has 0 aromatic heterocycles. The van der Waals surface area contributed by atoms with Crippen LogP contribution in [0, 0.1) is 11.8 Å². The third kappa shape index (κ3) is 4.05. The molecule has 0 spiro atoms. The van der Waals surface area contributed by atoms with Crippen LogP contribution in [0.5, 0.6) is 0 Å². The lowest BCUT2D eigenvalue weighted by atomic mass is 10.2. The molecule has 0 amide bonds. The zero-order chi connectivity index (χ0) is 15.2. The lowest BCUT2D eigenvalue weighted by molar-refractivity contribution is 0.149.